The molecule has 0 bridgehead atoms. The van der Waals surface area contributed by atoms with Crippen LogP contribution in [0.1, 0.15) is 33.4 Å². The van der Waals surface area contributed by atoms with E-state index in [0.29, 0.717) is 22.1 Å². The molecule has 1 atom stereocenters. The molecule has 1 heterocycles. The number of rotatable bonds is 7. The fraction of sp³-hybridized carbons (Fsp3) is 0.120. The second kappa shape index (κ2) is 9.70. The Morgan fingerprint density at radius 3 is 2.21 bits per heavy atom. The molecule has 0 spiro atoms. The summed E-state index contributed by atoms with van der Waals surface area (Å²) in [5.41, 5.74) is 2.63. The van der Waals surface area contributed by atoms with Crippen molar-refractivity contribution >= 4 is 33.2 Å². The number of carbonyl (C=O) groups excluding carboxylic acids is 1. The van der Waals surface area contributed by atoms with E-state index in [0.717, 1.165) is 11.1 Å². The molecule has 0 aliphatic heterocycles. The van der Waals surface area contributed by atoms with Crippen molar-refractivity contribution in [1.82, 2.24) is 14.9 Å². The zero-order chi connectivity index (χ0) is 24.3. The number of aryl methyl sites for hydroxylation is 2. The molecule has 3 aromatic carbocycles. The lowest BCUT2D eigenvalue weighted by Gasteiger charge is -2.19. The summed E-state index contributed by atoms with van der Waals surface area (Å²) in [5, 5.41) is 3.57. The Balaban J connectivity index is 1.54. The minimum atomic E-state index is -3.79. The summed E-state index contributed by atoms with van der Waals surface area (Å²) in [6.07, 6.45) is 3.45. The van der Waals surface area contributed by atoms with E-state index in [1.807, 2.05) is 42.8 Å². The number of imidazole rings is 1. The van der Waals surface area contributed by atoms with Crippen LogP contribution < -0.4 is 10.0 Å². The van der Waals surface area contributed by atoms with Gasteiger partial charge in [0.15, 0.2) is 0 Å². The van der Waals surface area contributed by atoms with Crippen molar-refractivity contribution < 1.29 is 13.2 Å². The van der Waals surface area contributed by atoms with E-state index in [1.165, 1.54) is 24.3 Å². The number of hydrogen-bond acceptors (Lipinski definition) is 4. The van der Waals surface area contributed by atoms with Crippen molar-refractivity contribution in [2.75, 3.05) is 4.72 Å². The number of nitrogens with one attached hydrogen (secondary N) is 2. The van der Waals surface area contributed by atoms with Gasteiger partial charge in [0.25, 0.3) is 15.9 Å². The number of amides is 1. The number of hydrogen-bond donors (Lipinski definition) is 2. The average Bonchev–Trinajstić information content (AvgIpc) is 3.25. The van der Waals surface area contributed by atoms with Gasteiger partial charge in [0.05, 0.1) is 4.90 Å². The molecule has 0 saturated heterocycles. The minimum Gasteiger partial charge on any atom is -0.338 e. The van der Waals surface area contributed by atoms with Gasteiger partial charge >= 0.3 is 0 Å². The van der Waals surface area contributed by atoms with E-state index in [1.54, 1.807) is 36.7 Å². The molecule has 4 aromatic rings. The van der Waals surface area contributed by atoms with E-state index in [2.05, 4.69) is 15.0 Å². The quantitative estimate of drug-likeness (QED) is 0.389. The lowest BCUT2D eigenvalue weighted by molar-refractivity contribution is 0.0941. The summed E-state index contributed by atoms with van der Waals surface area (Å²) in [7, 11) is -1.94. The van der Waals surface area contributed by atoms with Crippen LogP contribution in [0.2, 0.25) is 5.02 Å². The highest BCUT2D eigenvalue weighted by atomic mass is 35.5. The van der Waals surface area contributed by atoms with Crippen molar-refractivity contribution in [2.45, 2.75) is 17.9 Å². The molecule has 0 radical (unpaired) electrons. The van der Waals surface area contributed by atoms with Gasteiger partial charge in [-0.05, 0) is 61.0 Å². The van der Waals surface area contributed by atoms with Crippen LogP contribution in [-0.2, 0) is 17.1 Å². The van der Waals surface area contributed by atoms with Gasteiger partial charge in [-0.2, -0.15) is 0 Å². The summed E-state index contributed by atoms with van der Waals surface area (Å²) >= 11 is 6.02. The van der Waals surface area contributed by atoms with Gasteiger partial charge in [0.2, 0.25) is 0 Å². The van der Waals surface area contributed by atoms with Gasteiger partial charge in [0.1, 0.15) is 11.9 Å². The molecule has 0 fully saturated rings. The highest BCUT2D eigenvalue weighted by Gasteiger charge is 2.22. The molecule has 2 N–H and O–H groups in total. The van der Waals surface area contributed by atoms with Crippen LogP contribution in [0.3, 0.4) is 0 Å². The molecular weight excluding hydrogens is 472 g/mol. The number of carbonyl (C=O) groups is 1. The van der Waals surface area contributed by atoms with Crippen LogP contribution in [0, 0.1) is 6.92 Å². The first kappa shape index (κ1) is 23.5. The number of aromatic nitrogens is 2. The second-order valence-corrected chi connectivity index (χ2v) is 9.97. The molecule has 0 unspecified atom stereocenters. The topological polar surface area (TPSA) is 93.1 Å². The smallest absolute Gasteiger partial charge is 0.261 e. The van der Waals surface area contributed by atoms with Crippen LogP contribution >= 0.6 is 11.6 Å². The molecule has 0 saturated carbocycles. The standard InChI is InChI=1S/C25H23ClN4O3S/c1-17-3-11-21(12-4-17)29-34(32,33)22-13-7-19(8-14-22)25(31)28-23(24-27-15-16-30(24)2)18-5-9-20(26)10-6-18/h3-16,23,29H,1-2H3,(H,28,31)/t23-/m0/s1. The third kappa shape index (κ3) is 5.30. The zero-order valence-corrected chi connectivity index (χ0v) is 20.1. The predicted octanol–water partition coefficient (Wildman–Crippen LogP) is 4.70. The first-order valence-electron chi connectivity index (χ1n) is 10.5. The Hall–Kier alpha value is -3.62. The summed E-state index contributed by atoms with van der Waals surface area (Å²) in [5.74, 6) is 0.288. The van der Waals surface area contributed by atoms with Crippen LogP contribution in [0.15, 0.2) is 90.1 Å². The fourth-order valence-electron chi connectivity index (χ4n) is 3.44. The maximum absolute atomic E-state index is 13.0. The lowest BCUT2D eigenvalue weighted by atomic mass is 10.1. The van der Waals surface area contributed by atoms with Gasteiger partial charge < -0.3 is 9.88 Å². The highest BCUT2D eigenvalue weighted by molar-refractivity contribution is 7.92. The number of halogens is 1. The monoisotopic (exact) mass is 494 g/mol. The van der Waals surface area contributed by atoms with Crippen molar-refractivity contribution in [3.05, 3.63) is 113 Å². The summed E-state index contributed by atoms with van der Waals surface area (Å²) in [6, 6.07) is 19.5. The van der Waals surface area contributed by atoms with Crippen molar-refractivity contribution in [1.29, 1.82) is 0 Å². The Morgan fingerprint density at radius 1 is 0.971 bits per heavy atom. The largest absolute Gasteiger partial charge is 0.338 e. The van der Waals surface area contributed by atoms with E-state index >= 15 is 0 Å². The molecule has 4 rings (SSSR count). The number of benzene rings is 3. The van der Waals surface area contributed by atoms with Crippen molar-refractivity contribution in [3.8, 4) is 0 Å². The fourth-order valence-corrected chi connectivity index (χ4v) is 4.63. The Kier molecular flexibility index (Phi) is 6.72. The van der Waals surface area contributed by atoms with Crippen molar-refractivity contribution in [3.63, 3.8) is 0 Å². The summed E-state index contributed by atoms with van der Waals surface area (Å²) < 4.78 is 29.8. The van der Waals surface area contributed by atoms with Crippen LogP contribution in [0.4, 0.5) is 5.69 Å². The predicted molar refractivity (Wildman–Crippen MR) is 132 cm³/mol. The Bertz CT molecular complexity index is 1400. The third-order valence-electron chi connectivity index (χ3n) is 5.33. The number of anilines is 1. The average molecular weight is 495 g/mol. The maximum Gasteiger partial charge on any atom is 0.261 e. The first-order chi connectivity index (χ1) is 16.2. The SMILES string of the molecule is Cc1ccc(NS(=O)(=O)c2ccc(C(=O)N[C@@H](c3ccc(Cl)cc3)c3nccn3C)cc2)cc1. The van der Waals surface area contributed by atoms with E-state index < -0.39 is 16.1 Å². The number of sulfonamides is 1. The zero-order valence-electron chi connectivity index (χ0n) is 18.6. The molecule has 174 valence electrons. The van der Waals surface area contributed by atoms with Gasteiger partial charge in [0, 0.05) is 35.7 Å². The molecule has 34 heavy (non-hydrogen) atoms. The normalized spacial score (nSPS) is 12.2. The Labute approximate surface area is 203 Å². The number of nitrogens with zero attached hydrogens (tertiary/aromatic N) is 2. The molecule has 7 nitrogen and oxygen atoms in total. The molecule has 9 heteroatoms. The third-order valence-corrected chi connectivity index (χ3v) is 6.98. The second-order valence-electron chi connectivity index (χ2n) is 7.85. The van der Waals surface area contributed by atoms with E-state index in [9.17, 15) is 13.2 Å². The van der Waals surface area contributed by atoms with E-state index in [-0.39, 0.29) is 10.8 Å². The summed E-state index contributed by atoms with van der Waals surface area (Å²) in [4.78, 5) is 17.5. The lowest BCUT2D eigenvalue weighted by Crippen LogP contribution is -2.31. The molecule has 0 aliphatic rings. The molecule has 0 aliphatic carbocycles. The summed E-state index contributed by atoms with van der Waals surface area (Å²) in [6.45, 7) is 1.92. The van der Waals surface area contributed by atoms with Crippen LogP contribution in [0.25, 0.3) is 0 Å². The van der Waals surface area contributed by atoms with Gasteiger partial charge in [-0.1, -0.05) is 41.4 Å². The molecule has 1 aromatic heterocycles. The molecular formula is C25H23ClN4O3S. The first-order valence-corrected chi connectivity index (χ1v) is 12.3. The van der Waals surface area contributed by atoms with Gasteiger partial charge in [-0.25, -0.2) is 13.4 Å². The highest BCUT2D eigenvalue weighted by Crippen LogP contribution is 2.23. The van der Waals surface area contributed by atoms with E-state index in [4.69, 9.17) is 11.6 Å². The van der Waals surface area contributed by atoms with Gasteiger partial charge in [-0.15, -0.1) is 0 Å². The maximum atomic E-state index is 13.0. The molecule has 1 amide bonds. The van der Waals surface area contributed by atoms with Gasteiger partial charge in [-0.3, -0.25) is 9.52 Å². The Morgan fingerprint density at radius 2 is 1.62 bits per heavy atom. The minimum absolute atomic E-state index is 0.0583. The van der Waals surface area contributed by atoms with Crippen molar-refractivity contribution in [2.24, 2.45) is 7.05 Å². The van der Waals surface area contributed by atoms with Crippen LogP contribution in [-0.4, -0.2) is 23.9 Å². The van der Waals surface area contributed by atoms with Crippen LogP contribution in [0.5, 0.6) is 0 Å².